The summed E-state index contributed by atoms with van der Waals surface area (Å²) in [5, 5.41) is 3.64. The van der Waals surface area contributed by atoms with Crippen LogP contribution in [0.4, 0.5) is 4.39 Å². The summed E-state index contributed by atoms with van der Waals surface area (Å²) in [6.45, 7) is 11.3. The Labute approximate surface area is 110 Å². The minimum atomic E-state index is -0.0968. The minimum Gasteiger partial charge on any atom is -0.310 e. The molecule has 1 aromatic carbocycles. The first-order chi connectivity index (χ1) is 8.26. The zero-order chi connectivity index (χ0) is 13.6. The van der Waals surface area contributed by atoms with E-state index in [1.807, 2.05) is 12.1 Å². The maximum absolute atomic E-state index is 13.6. The average molecular weight is 249 g/mol. The predicted molar refractivity (Wildman–Crippen MR) is 74.1 cm³/mol. The van der Waals surface area contributed by atoms with Crippen LogP contribution < -0.4 is 5.32 Å². The molecule has 1 fully saturated rings. The van der Waals surface area contributed by atoms with Crippen molar-refractivity contribution in [2.75, 3.05) is 0 Å². The number of hydrogen-bond acceptors (Lipinski definition) is 1. The molecule has 18 heavy (non-hydrogen) atoms. The van der Waals surface area contributed by atoms with E-state index in [0.717, 1.165) is 12.0 Å². The van der Waals surface area contributed by atoms with Crippen LogP contribution in [0.5, 0.6) is 0 Å². The van der Waals surface area contributed by atoms with Crippen molar-refractivity contribution in [3.8, 4) is 0 Å². The van der Waals surface area contributed by atoms with Gasteiger partial charge in [-0.05, 0) is 35.8 Å². The van der Waals surface area contributed by atoms with Crippen molar-refractivity contribution in [2.24, 2.45) is 10.8 Å². The summed E-state index contributed by atoms with van der Waals surface area (Å²) >= 11 is 0. The van der Waals surface area contributed by atoms with Crippen LogP contribution in [0.1, 0.15) is 40.2 Å². The topological polar surface area (TPSA) is 12.0 Å². The maximum Gasteiger partial charge on any atom is 0.126 e. The van der Waals surface area contributed by atoms with Crippen LogP contribution in [0.3, 0.4) is 0 Å². The van der Waals surface area contributed by atoms with Gasteiger partial charge in [0.15, 0.2) is 0 Å². The summed E-state index contributed by atoms with van der Waals surface area (Å²) in [5.41, 5.74) is 1.46. The molecule has 0 radical (unpaired) electrons. The molecule has 1 nitrogen and oxygen atoms in total. The lowest BCUT2D eigenvalue weighted by molar-refractivity contribution is 0.457. The van der Waals surface area contributed by atoms with Crippen molar-refractivity contribution < 1.29 is 4.39 Å². The fourth-order valence-corrected chi connectivity index (χ4v) is 2.95. The zero-order valence-corrected chi connectivity index (χ0v) is 12.0. The molecular weight excluding hydrogens is 225 g/mol. The van der Waals surface area contributed by atoms with E-state index in [1.54, 1.807) is 6.07 Å². The van der Waals surface area contributed by atoms with E-state index in [9.17, 15) is 4.39 Å². The molecule has 0 amide bonds. The largest absolute Gasteiger partial charge is 0.310 e. The predicted octanol–water partition coefficient (Wildman–Crippen LogP) is 3.78. The quantitative estimate of drug-likeness (QED) is 0.856. The molecular formula is C16H24FN. The van der Waals surface area contributed by atoms with E-state index < -0.39 is 0 Å². The fourth-order valence-electron chi connectivity index (χ4n) is 2.95. The van der Waals surface area contributed by atoms with Crippen molar-refractivity contribution in [3.63, 3.8) is 0 Å². The van der Waals surface area contributed by atoms with Gasteiger partial charge in [0, 0.05) is 12.1 Å². The van der Waals surface area contributed by atoms with Gasteiger partial charge in [-0.25, -0.2) is 4.39 Å². The third kappa shape index (κ3) is 2.18. The lowest BCUT2D eigenvalue weighted by Gasteiger charge is -2.16. The molecule has 0 saturated heterocycles. The second-order valence-electron chi connectivity index (χ2n) is 6.74. The summed E-state index contributed by atoms with van der Waals surface area (Å²) < 4.78 is 13.6. The van der Waals surface area contributed by atoms with Crippen LogP contribution in [0.25, 0.3) is 0 Å². The van der Waals surface area contributed by atoms with E-state index in [-0.39, 0.29) is 5.82 Å². The highest BCUT2D eigenvalue weighted by Crippen LogP contribution is 2.62. The second kappa shape index (κ2) is 4.34. The molecule has 1 aromatic rings. The van der Waals surface area contributed by atoms with Crippen LogP contribution in [-0.4, -0.2) is 12.1 Å². The lowest BCUT2D eigenvalue weighted by Crippen LogP contribution is -2.33. The minimum absolute atomic E-state index is 0.0968. The van der Waals surface area contributed by atoms with Crippen LogP contribution in [0, 0.1) is 16.6 Å². The van der Waals surface area contributed by atoms with Gasteiger partial charge in [-0.3, -0.25) is 0 Å². The third-order valence-electron chi connectivity index (χ3n) is 4.96. The summed E-state index contributed by atoms with van der Waals surface area (Å²) in [5.74, 6) is -0.0968. The standard InChI is InChI=1S/C16H24FN/c1-11(10-12-8-6-7-9-13(12)17)18-14-15(2,3)16(14,4)5/h6-9,11,14,18H,10H2,1-5H3. The van der Waals surface area contributed by atoms with E-state index in [4.69, 9.17) is 0 Å². The fraction of sp³-hybridized carbons (Fsp3) is 0.625. The Hall–Kier alpha value is -0.890. The highest BCUT2D eigenvalue weighted by Gasteiger charge is 2.64. The lowest BCUT2D eigenvalue weighted by atomic mass is 10.0. The number of halogens is 1. The van der Waals surface area contributed by atoms with Crippen LogP contribution >= 0.6 is 0 Å². The zero-order valence-electron chi connectivity index (χ0n) is 12.0. The second-order valence-corrected chi connectivity index (χ2v) is 6.74. The van der Waals surface area contributed by atoms with Crippen molar-refractivity contribution in [1.29, 1.82) is 0 Å². The van der Waals surface area contributed by atoms with Gasteiger partial charge in [0.2, 0.25) is 0 Å². The molecule has 0 bridgehead atoms. The monoisotopic (exact) mass is 249 g/mol. The van der Waals surface area contributed by atoms with Gasteiger partial charge in [0.1, 0.15) is 5.82 Å². The van der Waals surface area contributed by atoms with Gasteiger partial charge in [0.25, 0.3) is 0 Å². The van der Waals surface area contributed by atoms with E-state index in [1.165, 1.54) is 6.07 Å². The molecule has 1 unspecified atom stereocenters. The summed E-state index contributed by atoms with van der Waals surface area (Å²) in [6, 6.07) is 7.86. The van der Waals surface area contributed by atoms with E-state index in [2.05, 4.69) is 39.9 Å². The number of rotatable bonds is 4. The molecule has 1 aliphatic carbocycles. The molecule has 1 atom stereocenters. The van der Waals surface area contributed by atoms with Gasteiger partial charge in [-0.15, -0.1) is 0 Å². The van der Waals surface area contributed by atoms with Crippen LogP contribution in [0.2, 0.25) is 0 Å². The highest BCUT2D eigenvalue weighted by atomic mass is 19.1. The first-order valence-electron chi connectivity index (χ1n) is 6.76. The third-order valence-corrected chi connectivity index (χ3v) is 4.96. The van der Waals surface area contributed by atoms with E-state index >= 15 is 0 Å². The maximum atomic E-state index is 13.6. The highest BCUT2D eigenvalue weighted by molar-refractivity contribution is 5.21. The number of nitrogens with one attached hydrogen (secondary N) is 1. The molecule has 2 heteroatoms. The first kappa shape index (κ1) is 13.5. The molecule has 100 valence electrons. The molecule has 0 aromatic heterocycles. The molecule has 0 heterocycles. The average Bonchev–Trinajstić information content (AvgIpc) is 2.64. The number of hydrogen-bond donors (Lipinski definition) is 1. The Morgan fingerprint density at radius 3 is 2.22 bits per heavy atom. The number of benzene rings is 1. The first-order valence-corrected chi connectivity index (χ1v) is 6.76. The van der Waals surface area contributed by atoms with Gasteiger partial charge in [-0.2, -0.15) is 0 Å². The molecule has 2 rings (SSSR count). The Bertz CT molecular complexity index is 422. The Kier molecular flexibility index (Phi) is 3.26. The molecule has 1 saturated carbocycles. The normalized spacial score (nSPS) is 22.8. The van der Waals surface area contributed by atoms with Crippen molar-refractivity contribution in [2.45, 2.75) is 53.1 Å². The molecule has 0 spiro atoms. The van der Waals surface area contributed by atoms with Crippen LogP contribution in [-0.2, 0) is 6.42 Å². The SMILES string of the molecule is CC(Cc1ccccc1F)NC1C(C)(C)C1(C)C. The summed E-state index contributed by atoms with van der Waals surface area (Å²) in [7, 11) is 0. The van der Waals surface area contributed by atoms with Crippen molar-refractivity contribution in [3.05, 3.63) is 35.6 Å². The molecule has 1 N–H and O–H groups in total. The van der Waals surface area contributed by atoms with Gasteiger partial charge in [0.05, 0.1) is 0 Å². The Morgan fingerprint density at radius 1 is 1.17 bits per heavy atom. The Balaban J connectivity index is 1.95. The summed E-state index contributed by atoms with van der Waals surface area (Å²) in [6.07, 6.45) is 0.745. The smallest absolute Gasteiger partial charge is 0.126 e. The van der Waals surface area contributed by atoms with Crippen LogP contribution in [0.15, 0.2) is 24.3 Å². The molecule has 1 aliphatic rings. The van der Waals surface area contributed by atoms with Gasteiger partial charge in [-0.1, -0.05) is 45.9 Å². The van der Waals surface area contributed by atoms with E-state index in [0.29, 0.717) is 22.9 Å². The van der Waals surface area contributed by atoms with Gasteiger partial charge >= 0.3 is 0 Å². The Morgan fingerprint density at radius 2 is 1.72 bits per heavy atom. The summed E-state index contributed by atoms with van der Waals surface area (Å²) in [4.78, 5) is 0. The van der Waals surface area contributed by atoms with Gasteiger partial charge < -0.3 is 5.32 Å². The van der Waals surface area contributed by atoms with Crippen molar-refractivity contribution in [1.82, 2.24) is 5.32 Å². The molecule has 0 aliphatic heterocycles. The van der Waals surface area contributed by atoms with Crippen molar-refractivity contribution >= 4 is 0 Å².